The van der Waals surface area contributed by atoms with Crippen LogP contribution in [-0.4, -0.2) is 11.2 Å². The predicted molar refractivity (Wildman–Crippen MR) is 87.7 cm³/mol. The normalized spacial score (nSPS) is 19.0. The number of benzene rings is 2. The standard InChI is InChI=1S/C20H24O/c1-2-15-10-12-16(13-11-15)14-20(21)19-9-5-7-17-6-3-4-8-18(17)19/h3-4,6,8,10-13,19-21H,2,5,7,9,14H2,1H3. The van der Waals surface area contributed by atoms with Crippen LogP contribution < -0.4 is 0 Å². The van der Waals surface area contributed by atoms with Crippen LogP contribution in [0.25, 0.3) is 0 Å². The Balaban J connectivity index is 1.75. The Morgan fingerprint density at radius 1 is 1.05 bits per heavy atom. The van der Waals surface area contributed by atoms with E-state index in [9.17, 15) is 5.11 Å². The average Bonchev–Trinajstić information content (AvgIpc) is 2.55. The van der Waals surface area contributed by atoms with Crippen LogP contribution in [0.15, 0.2) is 48.5 Å². The van der Waals surface area contributed by atoms with Crippen LogP contribution in [0.4, 0.5) is 0 Å². The van der Waals surface area contributed by atoms with Gasteiger partial charge in [-0.3, -0.25) is 0 Å². The van der Waals surface area contributed by atoms with Gasteiger partial charge in [-0.2, -0.15) is 0 Å². The first-order valence-electron chi connectivity index (χ1n) is 8.11. The number of aryl methyl sites for hydroxylation is 2. The maximum absolute atomic E-state index is 10.7. The molecule has 1 aliphatic carbocycles. The second-order valence-corrected chi connectivity index (χ2v) is 6.14. The van der Waals surface area contributed by atoms with E-state index in [1.165, 1.54) is 28.7 Å². The maximum Gasteiger partial charge on any atom is 0.0649 e. The van der Waals surface area contributed by atoms with Crippen molar-refractivity contribution in [1.82, 2.24) is 0 Å². The van der Waals surface area contributed by atoms with E-state index in [0.29, 0.717) is 5.92 Å². The van der Waals surface area contributed by atoms with Crippen molar-refractivity contribution >= 4 is 0 Å². The molecule has 110 valence electrons. The Morgan fingerprint density at radius 3 is 2.52 bits per heavy atom. The highest BCUT2D eigenvalue weighted by atomic mass is 16.3. The van der Waals surface area contributed by atoms with E-state index in [2.05, 4.69) is 55.5 Å². The highest BCUT2D eigenvalue weighted by Crippen LogP contribution is 2.34. The summed E-state index contributed by atoms with van der Waals surface area (Å²) < 4.78 is 0. The number of hydrogen-bond acceptors (Lipinski definition) is 1. The van der Waals surface area contributed by atoms with E-state index in [1.54, 1.807) is 0 Å². The topological polar surface area (TPSA) is 20.2 Å². The van der Waals surface area contributed by atoms with Crippen molar-refractivity contribution in [3.05, 3.63) is 70.8 Å². The lowest BCUT2D eigenvalue weighted by molar-refractivity contribution is 0.134. The van der Waals surface area contributed by atoms with Gasteiger partial charge in [-0.25, -0.2) is 0 Å². The number of rotatable bonds is 4. The lowest BCUT2D eigenvalue weighted by Gasteiger charge is -2.29. The van der Waals surface area contributed by atoms with Crippen molar-refractivity contribution in [2.24, 2.45) is 0 Å². The fourth-order valence-corrected chi connectivity index (χ4v) is 3.49. The van der Waals surface area contributed by atoms with Crippen molar-refractivity contribution in [2.75, 3.05) is 0 Å². The molecular formula is C20H24O. The Bertz CT molecular complexity index is 585. The summed E-state index contributed by atoms with van der Waals surface area (Å²) in [4.78, 5) is 0. The van der Waals surface area contributed by atoms with Crippen molar-refractivity contribution in [3.8, 4) is 0 Å². The summed E-state index contributed by atoms with van der Waals surface area (Å²) in [6.07, 6.45) is 4.99. The Hall–Kier alpha value is -1.60. The van der Waals surface area contributed by atoms with Crippen LogP contribution in [-0.2, 0) is 19.3 Å². The molecule has 2 aromatic rings. The van der Waals surface area contributed by atoms with Crippen LogP contribution >= 0.6 is 0 Å². The summed E-state index contributed by atoms with van der Waals surface area (Å²) in [5.41, 5.74) is 5.38. The average molecular weight is 280 g/mol. The highest BCUT2D eigenvalue weighted by Gasteiger charge is 2.26. The molecule has 0 amide bonds. The molecule has 0 saturated carbocycles. The molecule has 1 N–H and O–H groups in total. The van der Waals surface area contributed by atoms with E-state index in [-0.39, 0.29) is 6.10 Å². The zero-order valence-electron chi connectivity index (χ0n) is 12.8. The largest absolute Gasteiger partial charge is 0.392 e. The van der Waals surface area contributed by atoms with Gasteiger partial charge in [0.15, 0.2) is 0 Å². The van der Waals surface area contributed by atoms with Crippen molar-refractivity contribution in [3.63, 3.8) is 0 Å². The Labute approximate surface area is 127 Å². The fourth-order valence-electron chi connectivity index (χ4n) is 3.49. The third-order valence-electron chi connectivity index (χ3n) is 4.76. The number of aliphatic hydroxyl groups is 1. The minimum Gasteiger partial charge on any atom is -0.392 e. The van der Waals surface area contributed by atoms with Gasteiger partial charge >= 0.3 is 0 Å². The minimum absolute atomic E-state index is 0.279. The minimum atomic E-state index is -0.279. The monoisotopic (exact) mass is 280 g/mol. The van der Waals surface area contributed by atoms with Gasteiger partial charge in [-0.15, -0.1) is 0 Å². The molecule has 0 radical (unpaired) electrons. The fraction of sp³-hybridized carbons (Fsp3) is 0.400. The van der Waals surface area contributed by atoms with E-state index in [0.717, 1.165) is 25.7 Å². The first kappa shape index (κ1) is 14.3. The molecule has 0 saturated heterocycles. The molecule has 0 heterocycles. The molecule has 0 aliphatic heterocycles. The number of fused-ring (bicyclic) bond motifs is 1. The molecule has 2 unspecified atom stereocenters. The molecule has 2 atom stereocenters. The first-order chi connectivity index (χ1) is 10.3. The van der Waals surface area contributed by atoms with Gasteiger partial charge < -0.3 is 5.11 Å². The van der Waals surface area contributed by atoms with E-state index in [1.807, 2.05) is 0 Å². The number of aliphatic hydroxyl groups excluding tert-OH is 1. The van der Waals surface area contributed by atoms with Gasteiger partial charge in [0.2, 0.25) is 0 Å². The van der Waals surface area contributed by atoms with Gasteiger partial charge in [0.05, 0.1) is 6.10 Å². The van der Waals surface area contributed by atoms with Gasteiger partial charge in [0, 0.05) is 5.92 Å². The smallest absolute Gasteiger partial charge is 0.0649 e. The molecule has 0 fully saturated rings. The summed E-state index contributed by atoms with van der Waals surface area (Å²) in [6.45, 7) is 2.17. The molecule has 0 spiro atoms. The summed E-state index contributed by atoms with van der Waals surface area (Å²) in [6, 6.07) is 17.3. The molecule has 1 heteroatoms. The van der Waals surface area contributed by atoms with Gasteiger partial charge in [-0.05, 0) is 54.4 Å². The van der Waals surface area contributed by atoms with Crippen molar-refractivity contribution < 1.29 is 5.11 Å². The van der Waals surface area contributed by atoms with Gasteiger partial charge in [0.1, 0.15) is 0 Å². The molecule has 3 rings (SSSR count). The van der Waals surface area contributed by atoms with Crippen LogP contribution in [0.5, 0.6) is 0 Å². The number of hydrogen-bond donors (Lipinski definition) is 1. The second-order valence-electron chi connectivity index (χ2n) is 6.14. The molecule has 2 aromatic carbocycles. The molecule has 1 nitrogen and oxygen atoms in total. The molecule has 21 heavy (non-hydrogen) atoms. The summed E-state index contributed by atoms with van der Waals surface area (Å²) in [5.74, 6) is 0.292. The second kappa shape index (κ2) is 6.44. The zero-order chi connectivity index (χ0) is 14.7. The first-order valence-corrected chi connectivity index (χ1v) is 8.11. The Kier molecular flexibility index (Phi) is 4.40. The maximum atomic E-state index is 10.7. The van der Waals surface area contributed by atoms with E-state index in [4.69, 9.17) is 0 Å². The van der Waals surface area contributed by atoms with Crippen LogP contribution in [0.1, 0.15) is 47.9 Å². The quantitative estimate of drug-likeness (QED) is 0.886. The van der Waals surface area contributed by atoms with Crippen molar-refractivity contribution in [1.29, 1.82) is 0 Å². The van der Waals surface area contributed by atoms with E-state index >= 15 is 0 Å². The predicted octanol–water partition coefficient (Wildman–Crippen LogP) is 4.27. The molecule has 0 bridgehead atoms. The van der Waals surface area contributed by atoms with Crippen LogP contribution in [0.2, 0.25) is 0 Å². The molecule has 1 aliphatic rings. The third-order valence-corrected chi connectivity index (χ3v) is 4.76. The Morgan fingerprint density at radius 2 is 1.76 bits per heavy atom. The van der Waals surface area contributed by atoms with Crippen LogP contribution in [0.3, 0.4) is 0 Å². The summed E-state index contributed by atoms with van der Waals surface area (Å²) in [7, 11) is 0. The van der Waals surface area contributed by atoms with Gasteiger partial charge in [0.25, 0.3) is 0 Å². The lowest BCUT2D eigenvalue weighted by atomic mass is 9.78. The lowest BCUT2D eigenvalue weighted by Crippen LogP contribution is -2.24. The summed E-state index contributed by atoms with van der Waals surface area (Å²) in [5, 5.41) is 10.7. The van der Waals surface area contributed by atoms with Crippen molar-refractivity contribution in [2.45, 2.75) is 51.0 Å². The summed E-state index contributed by atoms with van der Waals surface area (Å²) >= 11 is 0. The zero-order valence-corrected chi connectivity index (χ0v) is 12.8. The van der Waals surface area contributed by atoms with E-state index < -0.39 is 0 Å². The third kappa shape index (κ3) is 3.19. The molecular weight excluding hydrogens is 256 g/mol. The molecule has 0 aromatic heterocycles. The highest BCUT2D eigenvalue weighted by molar-refractivity contribution is 5.34. The van der Waals surface area contributed by atoms with Crippen LogP contribution in [0, 0.1) is 0 Å². The SMILES string of the molecule is CCc1ccc(CC(O)C2CCCc3ccccc32)cc1. The van der Waals surface area contributed by atoms with Gasteiger partial charge in [-0.1, -0.05) is 55.5 Å².